The van der Waals surface area contributed by atoms with Gasteiger partial charge in [-0.2, -0.15) is 0 Å². The second-order valence-electron chi connectivity index (χ2n) is 4.62. The summed E-state index contributed by atoms with van der Waals surface area (Å²) >= 11 is 0. The second-order valence-corrected chi connectivity index (χ2v) is 4.62. The highest BCUT2D eigenvalue weighted by Crippen LogP contribution is 2.25. The highest BCUT2D eigenvalue weighted by Gasteiger charge is 2.00. The predicted molar refractivity (Wildman–Crippen MR) is 78.6 cm³/mol. The lowest BCUT2D eigenvalue weighted by molar-refractivity contribution is -0.115. The molecule has 0 amide bonds. The van der Waals surface area contributed by atoms with Crippen LogP contribution in [0.1, 0.15) is 20.3 Å². The van der Waals surface area contributed by atoms with Gasteiger partial charge in [0.05, 0.1) is 12.8 Å². The van der Waals surface area contributed by atoms with Crippen LogP contribution in [-0.2, 0) is 4.79 Å². The Balaban J connectivity index is 2.34. The zero-order valence-electron chi connectivity index (χ0n) is 11.4. The Morgan fingerprint density at radius 2 is 1.79 bits per heavy atom. The van der Waals surface area contributed by atoms with Gasteiger partial charge in [0, 0.05) is 12.1 Å². The minimum Gasteiger partial charge on any atom is -0.497 e. The molecular weight excluding hydrogens is 238 g/mol. The Kier molecular flexibility index (Phi) is 3.95. The number of carbonyl (C=O) groups is 1. The number of rotatable bonds is 4. The molecule has 0 radical (unpaired) electrons. The first kappa shape index (κ1) is 13.3. The Labute approximate surface area is 112 Å². The number of methoxy groups -OCH3 is 1. The number of Topliss-reactive ketones (excluding diaryl/α,β-unsaturated/α-hetero) is 1. The first-order valence-electron chi connectivity index (χ1n) is 6.20. The third kappa shape index (κ3) is 3.41. The number of ether oxygens (including phenoxy) is 1. The molecule has 0 atom stereocenters. The van der Waals surface area contributed by atoms with Gasteiger partial charge in [-0.3, -0.25) is 9.79 Å². The van der Waals surface area contributed by atoms with E-state index in [1.807, 2.05) is 43.3 Å². The van der Waals surface area contributed by atoms with Crippen molar-refractivity contribution in [1.82, 2.24) is 0 Å². The van der Waals surface area contributed by atoms with Gasteiger partial charge in [-0.1, -0.05) is 12.1 Å². The third-order valence-corrected chi connectivity index (χ3v) is 2.86. The van der Waals surface area contributed by atoms with Crippen molar-refractivity contribution in [3.63, 3.8) is 0 Å². The summed E-state index contributed by atoms with van der Waals surface area (Å²) in [5.74, 6) is 0.975. The van der Waals surface area contributed by atoms with Gasteiger partial charge in [0.25, 0.3) is 0 Å². The van der Waals surface area contributed by atoms with Crippen molar-refractivity contribution in [3.8, 4) is 5.75 Å². The molecule has 3 heteroatoms. The van der Waals surface area contributed by atoms with Crippen molar-refractivity contribution in [2.45, 2.75) is 20.3 Å². The van der Waals surface area contributed by atoms with Gasteiger partial charge >= 0.3 is 0 Å². The smallest absolute Gasteiger partial charge is 0.135 e. The van der Waals surface area contributed by atoms with Gasteiger partial charge in [0.1, 0.15) is 11.5 Å². The molecule has 0 spiro atoms. The molecule has 2 rings (SSSR count). The topological polar surface area (TPSA) is 38.7 Å². The molecule has 0 aliphatic rings. The summed E-state index contributed by atoms with van der Waals surface area (Å²) in [7, 11) is 1.66. The van der Waals surface area contributed by atoms with E-state index in [1.165, 1.54) is 0 Å². The molecule has 19 heavy (non-hydrogen) atoms. The number of aliphatic imine (C=N–C) groups is 1. The number of benzene rings is 2. The average Bonchev–Trinajstić information content (AvgIpc) is 2.37. The molecule has 0 unspecified atom stereocenters. The molecule has 0 fully saturated rings. The lowest BCUT2D eigenvalue weighted by Crippen LogP contribution is -1.98. The van der Waals surface area contributed by atoms with Crippen LogP contribution in [0.25, 0.3) is 10.8 Å². The summed E-state index contributed by atoms with van der Waals surface area (Å²) in [5.41, 5.74) is 1.71. The number of hydrogen-bond acceptors (Lipinski definition) is 3. The molecule has 0 heterocycles. The number of nitrogens with zero attached hydrogens (tertiary/aromatic N) is 1. The molecule has 0 N–H and O–H groups in total. The van der Waals surface area contributed by atoms with Crippen molar-refractivity contribution < 1.29 is 9.53 Å². The lowest BCUT2D eigenvalue weighted by atomic mass is 10.1. The Bertz CT molecular complexity index is 644. The summed E-state index contributed by atoms with van der Waals surface area (Å²) in [6.07, 6.45) is 0.403. The van der Waals surface area contributed by atoms with E-state index in [0.29, 0.717) is 6.42 Å². The monoisotopic (exact) mass is 255 g/mol. The molecule has 0 bridgehead atoms. The fourth-order valence-electron chi connectivity index (χ4n) is 2.03. The van der Waals surface area contributed by atoms with Crippen LogP contribution in [-0.4, -0.2) is 18.6 Å². The van der Waals surface area contributed by atoms with E-state index in [0.717, 1.165) is 27.9 Å². The fraction of sp³-hybridized carbons (Fsp3) is 0.250. The maximum atomic E-state index is 11.0. The quantitative estimate of drug-likeness (QED) is 0.777. The summed E-state index contributed by atoms with van der Waals surface area (Å²) in [4.78, 5) is 15.5. The molecule has 98 valence electrons. The Morgan fingerprint density at radius 1 is 1.11 bits per heavy atom. The molecule has 0 saturated carbocycles. The molecule has 0 aliphatic heterocycles. The molecule has 3 nitrogen and oxygen atoms in total. The van der Waals surface area contributed by atoms with Crippen LogP contribution in [0.3, 0.4) is 0 Å². The lowest BCUT2D eigenvalue weighted by Gasteiger charge is -2.04. The molecule has 0 saturated heterocycles. The standard InChI is InChI=1S/C16H17NO2/c1-11(8-12(2)18)17-15-6-4-14-10-16(19-3)7-5-13(14)9-15/h4-7,9-10H,8H2,1-3H3. The molecular formula is C16H17NO2. The van der Waals surface area contributed by atoms with Crippen LogP contribution in [0.4, 0.5) is 5.69 Å². The van der Waals surface area contributed by atoms with Crippen molar-refractivity contribution in [2.24, 2.45) is 4.99 Å². The maximum absolute atomic E-state index is 11.0. The van der Waals surface area contributed by atoms with Gasteiger partial charge in [0.15, 0.2) is 0 Å². The Hall–Kier alpha value is -2.16. The Morgan fingerprint density at radius 3 is 2.47 bits per heavy atom. The van der Waals surface area contributed by atoms with Crippen LogP contribution in [0, 0.1) is 0 Å². The van der Waals surface area contributed by atoms with E-state index < -0.39 is 0 Å². The van der Waals surface area contributed by atoms with E-state index in [-0.39, 0.29) is 5.78 Å². The van der Waals surface area contributed by atoms with Crippen molar-refractivity contribution in [2.75, 3.05) is 7.11 Å². The highest BCUT2D eigenvalue weighted by atomic mass is 16.5. The van der Waals surface area contributed by atoms with E-state index in [2.05, 4.69) is 4.99 Å². The van der Waals surface area contributed by atoms with Crippen LogP contribution < -0.4 is 4.74 Å². The van der Waals surface area contributed by atoms with Crippen LogP contribution in [0.2, 0.25) is 0 Å². The molecule has 0 aromatic heterocycles. The van der Waals surface area contributed by atoms with Gasteiger partial charge in [-0.05, 0) is 48.9 Å². The SMILES string of the molecule is COc1ccc2cc(N=C(C)CC(C)=O)ccc2c1. The summed E-state index contributed by atoms with van der Waals surface area (Å²) < 4.78 is 5.20. The summed E-state index contributed by atoms with van der Waals surface area (Å²) in [6, 6.07) is 11.9. The fourth-order valence-corrected chi connectivity index (χ4v) is 2.03. The minimum absolute atomic E-state index is 0.131. The normalized spacial score (nSPS) is 11.6. The molecule has 2 aromatic carbocycles. The van der Waals surface area contributed by atoms with Gasteiger partial charge in [-0.15, -0.1) is 0 Å². The first-order chi connectivity index (χ1) is 9.08. The maximum Gasteiger partial charge on any atom is 0.135 e. The largest absolute Gasteiger partial charge is 0.497 e. The highest BCUT2D eigenvalue weighted by molar-refractivity contribution is 6.01. The predicted octanol–water partition coefficient (Wildman–Crippen LogP) is 3.92. The first-order valence-corrected chi connectivity index (χ1v) is 6.20. The minimum atomic E-state index is 0.131. The summed E-state index contributed by atoms with van der Waals surface area (Å²) in [6.45, 7) is 3.45. The van der Waals surface area contributed by atoms with Crippen molar-refractivity contribution >= 4 is 28.0 Å². The second kappa shape index (κ2) is 5.65. The molecule has 0 aliphatic carbocycles. The van der Waals surface area contributed by atoms with E-state index in [9.17, 15) is 4.79 Å². The van der Waals surface area contributed by atoms with Crippen molar-refractivity contribution in [1.29, 1.82) is 0 Å². The van der Waals surface area contributed by atoms with Crippen LogP contribution in [0.15, 0.2) is 41.4 Å². The van der Waals surface area contributed by atoms with E-state index >= 15 is 0 Å². The van der Waals surface area contributed by atoms with Crippen molar-refractivity contribution in [3.05, 3.63) is 36.4 Å². The van der Waals surface area contributed by atoms with Crippen LogP contribution in [0.5, 0.6) is 5.75 Å². The zero-order chi connectivity index (χ0) is 13.8. The van der Waals surface area contributed by atoms with E-state index in [4.69, 9.17) is 4.74 Å². The van der Waals surface area contributed by atoms with Gasteiger partial charge < -0.3 is 4.74 Å². The molecule has 2 aromatic rings. The number of carbonyl (C=O) groups excluding carboxylic acids is 1. The van der Waals surface area contributed by atoms with Crippen LogP contribution >= 0.6 is 0 Å². The third-order valence-electron chi connectivity index (χ3n) is 2.86. The van der Waals surface area contributed by atoms with Gasteiger partial charge in [0.2, 0.25) is 0 Å². The summed E-state index contributed by atoms with van der Waals surface area (Å²) in [5, 5.41) is 2.22. The number of ketones is 1. The number of fused-ring (bicyclic) bond motifs is 1. The zero-order valence-corrected chi connectivity index (χ0v) is 11.4. The average molecular weight is 255 g/mol. The number of hydrogen-bond donors (Lipinski definition) is 0. The van der Waals surface area contributed by atoms with Gasteiger partial charge in [-0.25, -0.2) is 0 Å². The van der Waals surface area contributed by atoms with E-state index in [1.54, 1.807) is 14.0 Å².